The Labute approximate surface area is 117 Å². The van der Waals surface area contributed by atoms with E-state index in [4.69, 9.17) is 0 Å². The van der Waals surface area contributed by atoms with Gasteiger partial charge in [-0.1, -0.05) is 36.4 Å². The van der Waals surface area contributed by atoms with E-state index in [-0.39, 0.29) is 5.82 Å². The van der Waals surface area contributed by atoms with Crippen LogP contribution in [0.5, 0.6) is 0 Å². The second kappa shape index (κ2) is 5.95. The van der Waals surface area contributed by atoms with Gasteiger partial charge in [-0.3, -0.25) is 4.99 Å². The van der Waals surface area contributed by atoms with Crippen LogP contribution in [0.4, 0.5) is 4.39 Å². The van der Waals surface area contributed by atoms with Crippen molar-refractivity contribution in [2.24, 2.45) is 10.9 Å². The Kier molecular flexibility index (Phi) is 4.06. The molecule has 1 N–H and O–H groups in total. The molecule has 1 aliphatic heterocycles. The van der Waals surface area contributed by atoms with Crippen molar-refractivity contribution in [2.75, 3.05) is 12.3 Å². The molecule has 1 aliphatic carbocycles. The summed E-state index contributed by atoms with van der Waals surface area (Å²) in [6.07, 6.45) is 4.64. The fraction of sp³-hybridized carbons (Fsp3) is 0.533. The van der Waals surface area contributed by atoms with Crippen molar-refractivity contribution in [1.82, 2.24) is 5.32 Å². The van der Waals surface area contributed by atoms with Crippen LogP contribution in [-0.4, -0.2) is 23.5 Å². The minimum absolute atomic E-state index is 0.122. The lowest BCUT2D eigenvalue weighted by molar-refractivity contribution is 0.489. The fourth-order valence-electron chi connectivity index (χ4n) is 2.88. The standard InChI is InChI=1S/C15H19FN2S/c16-13-6-2-1-4-11(13)8-9-17-15-18-14-7-3-5-12(14)10-19-15/h1-2,4,6,12,14H,3,5,7-10H2,(H,17,18). The summed E-state index contributed by atoms with van der Waals surface area (Å²) in [5.74, 6) is 1.90. The van der Waals surface area contributed by atoms with Crippen LogP contribution >= 0.6 is 11.8 Å². The zero-order valence-corrected chi connectivity index (χ0v) is 11.8. The number of hydrogen-bond donors (Lipinski definition) is 1. The number of hydrogen-bond acceptors (Lipinski definition) is 2. The summed E-state index contributed by atoms with van der Waals surface area (Å²) >= 11 is 1.82. The van der Waals surface area contributed by atoms with E-state index in [0.29, 0.717) is 19.0 Å². The number of nitrogens with zero attached hydrogens (tertiary/aromatic N) is 1. The SMILES string of the molecule is Fc1ccccc1CCN=C1NC2CCCC2CS1. The number of benzene rings is 1. The number of rotatable bonds is 3. The minimum atomic E-state index is -0.122. The van der Waals surface area contributed by atoms with Gasteiger partial charge < -0.3 is 5.32 Å². The molecule has 2 atom stereocenters. The zero-order valence-electron chi connectivity index (χ0n) is 10.9. The number of fused-ring (bicyclic) bond motifs is 1. The van der Waals surface area contributed by atoms with Gasteiger partial charge in [0.05, 0.1) is 0 Å². The summed E-state index contributed by atoms with van der Waals surface area (Å²) in [5.41, 5.74) is 0.756. The topological polar surface area (TPSA) is 24.4 Å². The Morgan fingerprint density at radius 3 is 3.11 bits per heavy atom. The second-order valence-corrected chi connectivity index (χ2v) is 6.29. The molecule has 1 heterocycles. The molecular weight excluding hydrogens is 259 g/mol. The first kappa shape index (κ1) is 13.0. The van der Waals surface area contributed by atoms with Crippen molar-refractivity contribution in [3.8, 4) is 0 Å². The lowest BCUT2D eigenvalue weighted by Crippen LogP contribution is -2.41. The molecule has 1 aromatic carbocycles. The van der Waals surface area contributed by atoms with Crippen molar-refractivity contribution in [1.29, 1.82) is 0 Å². The molecule has 2 aliphatic rings. The Morgan fingerprint density at radius 1 is 1.32 bits per heavy atom. The molecule has 1 saturated carbocycles. The van der Waals surface area contributed by atoms with Crippen molar-refractivity contribution in [2.45, 2.75) is 31.7 Å². The summed E-state index contributed by atoms with van der Waals surface area (Å²) in [6, 6.07) is 7.59. The van der Waals surface area contributed by atoms with Gasteiger partial charge in [0.25, 0.3) is 0 Å². The van der Waals surface area contributed by atoms with Gasteiger partial charge >= 0.3 is 0 Å². The van der Waals surface area contributed by atoms with Crippen molar-refractivity contribution < 1.29 is 4.39 Å². The average molecular weight is 278 g/mol. The van der Waals surface area contributed by atoms with Crippen LogP contribution in [-0.2, 0) is 6.42 Å². The lowest BCUT2D eigenvalue weighted by Gasteiger charge is -2.28. The molecule has 1 aromatic rings. The molecule has 4 heteroatoms. The highest BCUT2D eigenvalue weighted by molar-refractivity contribution is 8.13. The predicted octanol–water partition coefficient (Wildman–Crippen LogP) is 3.23. The average Bonchev–Trinajstić information content (AvgIpc) is 2.88. The first-order chi connectivity index (χ1) is 9.33. The summed E-state index contributed by atoms with van der Waals surface area (Å²) < 4.78 is 13.5. The Morgan fingerprint density at radius 2 is 2.21 bits per heavy atom. The van der Waals surface area contributed by atoms with Gasteiger partial charge in [0.15, 0.2) is 5.17 Å². The molecular formula is C15H19FN2S. The summed E-state index contributed by atoms with van der Waals surface area (Å²) in [5, 5.41) is 4.59. The van der Waals surface area contributed by atoms with Gasteiger partial charge in [-0.2, -0.15) is 0 Å². The lowest BCUT2D eigenvalue weighted by atomic mass is 10.1. The molecule has 0 aromatic heterocycles. The molecule has 2 nitrogen and oxygen atoms in total. The van der Waals surface area contributed by atoms with Crippen LogP contribution in [0.1, 0.15) is 24.8 Å². The van der Waals surface area contributed by atoms with E-state index < -0.39 is 0 Å². The van der Waals surface area contributed by atoms with Gasteiger partial charge in [-0.05, 0) is 36.8 Å². The Hall–Kier alpha value is -1.03. The molecule has 2 fully saturated rings. The molecule has 0 amide bonds. The maximum absolute atomic E-state index is 13.5. The van der Waals surface area contributed by atoms with Crippen molar-refractivity contribution in [3.63, 3.8) is 0 Å². The van der Waals surface area contributed by atoms with E-state index in [1.807, 2.05) is 23.9 Å². The third-order valence-electron chi connectivity index (χ3n) is 4.00. The van der Waals surface area contributed by atoms with Crippen molar-refractivity contribution >= 4 is 16.9 Å². The van der Waals surface area contributed by atoms with Crippen LogP contribution < -0.4 is 5.32 Å². The van der Waals surface area contributed by atoms with E-state index in [1.165, 1.54) is 31.1 Å². The molecule has 1 saturated heterocycles. The van der Waals surface area contributed by atoms with E-state index >= 15 is 0 Å². The normalized spacial score (nSPS) is 28.2. The zero-order chi connectivity index (χ0) is 13.1. The van der Waals surface area contributed by atoms with Crippen LogP contribution in [0.3, 0.4) is 0 Å². The van der Waals surface area contributed by atoms with Gasteiger partial charge in [-0.25, -0.2) is 4.39 Å². The third kappa shape index (κ3) is 3.11. The highest BCUT2D eigenvalue weighted by atomic mass is 32.2. The molecule has 2 unspecified atom stereocenters. The largest absolute Gasteiger partial charge is 0.362 e. The molecule has 0 radical (unpaired) electrons. The number of nitrogens with one attached hydrogen (secondary N) is 1. The van der Waals surface area contributed by atoms with E-state index in [2.05, 4.69) is 10.3 Å². The van der Waals surface area contributed by atoms with Gasteiger partial charge in [0.1, 0.15) is 5.82 Å². The van der Waals surface area contributed by atoms with Crippen LogP contribution in [0.15, 0.2) is 29.3 Å². The fourth-order valence-corrected chi connectivity index (χ4v) is 4.07. The third-order valence-corrected chi connectivity index (χ3v) is 5.11. The highest BCUT2D eigenvalue weighted by Crippen LogP contribution is 2.32. The maximum atomic E-state index is 13.5. The Balaban J connectivity index is 1.54. The van der Waals surface area contributed by atoms with Crippen LogP contribution in [0, 0.1) is 11.7 Å². The predicted molar refractivity (Wildman–Crippen MR) is 79.1 cm³/mol. The van der Waals surface area contributed by atoms with E-state index in [1.54, 1.807) is 6.07 Å². The molecule has 0 spiro atoms. The van der Waals surface area contributed by atoms with Gasteiger partial charge in [0.2, 0.25) is 0 Å². The van der Waals surface area contributed by atoms with Crippen molar-refractivity contribution in [3.05, 3.63) is 35.6 Å². The molecule has 0 bridgehead atoms. The van der Waals surface area contributed by atoms with Gasteiger partial charge in [-0.15, -0.1) is 0 Å². The van der Waals surface area contributed by atoms with E-state index in [9.17, 15) is 4.39 Å². The Bertz CT molecular complexity index is 475. The first-order valence-electron chi connectivity index (χ1n) is 7.00. The minimum Gasteiger partial charge on any atom is -0.362 e. The maximum Gasteiger partial charge on any atom is 0.156 e. The first-order valence-corrected chi connectivity index (χ1v) is 7.98. The number of aliphatic imine (C=N–C) groups is 1. The van der Waals surface area contributed by atoms with Crippen LogP contribution in [0.25, 0.3) is 0 Å². The number of amidine groups is 1. The smallest absolute Gasteiger partial charge is 0.156 e. The van der Waals surface area contributed by atoms with Gasteiger partial charge in [0, 0.05) is 18.3 Å². The van der Waals surface area contributed by atoms with E-state index in [0.717, 1.165) is 16.6 Å². The summed E-state index contributed by atoms with van der Waals surface area (Å²) in [6.45, 7) is 0.660. The molecule has 3 rings (SSSR count). The van der Waals surface area contributed by atoms with Crippen LogP contribution in [0.2, 0.25) is 0 Å². The number of halogens is 1. The monoisotopic (exact) mass is 278 g/mol. The quantitative estimate of drug-likeness (QED) is 0.918. The second-order valence-electron chi connectivity index (χ2n) is 5.28. The summed E-state index contributed by atoms with van der Waals surface area (Å²) in [4.78, 5) is 4.58. The molecule has 102 valence electrons. The summed E-state index contributed by atoms with van der Waals surface area (Å²) in [7, 11) is 0. The highest BCUT2D eigenvalue weighted by Gasteiger charge is 2.31. The number of thioether (sulfide) groups is 1. The molecule has 19 heavy (non-hydrogen) atoms.